The third-order valence-corrected chi connectivity index (χ3v) is 6.59. The van der Waals surface area contributed by atoms with Gasteiger partial charge in [0.15, 0.2) is 16.8 Å². The molecule has 0 unspecified atom stereocenters. The highest BCUT2D eigenvalue weighted by Crippen LogP contribution is 2.32. The zero-order valence-electron chi connectivity index (χ0n) is 20.1. The van der Waals surface area contributed by atoms with Crippen molar-refractivity contribution in [2.24, 2.45) is 0 Å². The van der Waals surface area contributed by atoms with Crippen LogP contribution in [0.5, 0.6) is 5.75 Å². The maximum absolute atomic E-state index is 13.0. The fourth-order valence-electron chi connectivity index (χ4n) is 3.52. The summed E-state index contributed by atoms with van der Waals surface area (Å²) in [5, 5.41) is 12.3. The van der Waals surface area contributed by atoms with Gasteiger partial charge >= 0.3 is 0 Å². The standard InChI is InChI=1S/C27H25ClN4O3S/c1-4-35-24-13-11-23(12-14-24)32-25(20-8-5-9-21(28)15-20)30-31-27(32)36-18(3)26(34)29-22-10-6-7-19(16-22)17(2)33/h5-16,18H,4H2,1-3H3,(H,29,34)/t18-/m0/s1. The van der Waals surface area contributed by atoms with E-state index < -0.39 is 5.25 Å². The Labute approximate surface area is 218 Å². The van der Waals surface area contributed by atoms with Crippen LogP contribution in [0.2, 0.25) is 5.02 Å². The predicted octanol–water partition coefficient (Wildman–Crippen LogP) is 6.31. The van der Waals surface area contributed by atoms with Crippen molar-refractivity contribution in [1.29, 1.82) is 0 Å². The molecule has 3 aromatic carbocycles. The van der Waals surface area contributed by atoms with E-state index in [0.717, 1.165) is 17.0 Å². The molecule has 9 heteroatoms. The molecule has 0 aliphatic rings. The second-order valence-electron chi connectivity index (χ2n) is 7.97. The van der Waals surface area contributed by atoms with Gasteiger partial charge in [0.1, 0.15) is 5.75 Å². The first-order chi connectivity index (χ1) is 17.4. The molecule has 184 valence electrons. The minimum absolute atomic E-state index is 0.0643. The van der Waals surface area contributed by atoms with E-state index in [4.69, 9.17) is 16.3 Å². The number of ether oxygens (including phenoxy) is 1. The molecule has 7 nitrogen and oxygen atoms in total. The molecule has 1 amide bonds. The van der Waals surface area contributed by atoms with E-state index in [1.807, 2.05) is 54.0 Å². The molecule has 0 saturated heterocycles. The van der Waals surface area contributed by atoms with E-state index in [2.05, 4.69) is 15.5 Å². The summed E-state index contributed by atoms with van der Waals surface area (Å²) in [7, 11) is 0. The summed E-state index contributed by atoms with van der Waals surface area (Å²) < 4.78 is 7.47. The lowest BCUT2D eigenvalue weighted by molar-refractivity contribution is -0.115. The van der Waals surface area contributed by atoms with Crippen LogP contribution >= 0.6 is 23.4 Å². The maximum Gasteiger partial charge on any atom is 0.237 e. The average molecular weight is 521 g/mol. The normalized spacial score (nSPS) is 11.7. The van der Waals surface area contributed by atoms with Gasteiger partial charge in [-0.2, -0.15) is 0 Å². The first-order valence-corrected chi connectivity index (χ1v) is 12.6. The second-order valence-corrected chi connectivity index (χ2v) is 9.71. The Morgan fingerprint density at radius 2 is 1.81 bits per heavy atom. The number of rotatable bonds is 9. The predicted molar refractivity (Wildman–Crippen MR) is 143 cm³/mol. The lowest BCUT2D eigenvalue weighted by atomic mass is 10.1. The van der Waals surface area contributed by atoms with Gasteiger partial charge in [0.25, 0.3) is 0 Å². The molecule has 0 saturated carbocycles. The number of amides is 1. The highest BCUT2D eigenvalue weighted by atomic mass is 35.5. The SMILES string of the molecule is CCOc1ccc(-n2c(S[C@@H](C)C(=O)Nc3cccc(C(C)=O)c3)nnc2-c2cccc(Cl)c2)cc1. The van der Waals surface area contributed by atoms with Crippen molar-refractivity contribution in [1.82, 2.24) is 14.8 Å². The third kappa shape index (κ3) is 5.95. The van der Waals surface area contributed by atoms with Crippen molar-refractivity contribution >= 4 is 40.7 Å². The number of Topliss-reactive ketones (excluding diaryl/α,β-unsaturated/α-hetero) is 1. The van der Waals surface area contributed by atoms with Crippen LogP contribution in [-0.2, 0) is 4.79 Å². The van der Waals surface area contributed by atoms with Crippen molar-refractivity contribution in [2.45, 2.75) is 31.2 Å². The summed E-state index contributed by atoms with van der Waals surface area (Å²) in [5.41, 5.74) is 2.72. The number of ketones is 1. The van der Waals surface area contributed by atoms with Gasteiger partial charge in [0, 0.05) is 27.5 Å². The van der Waals surface area contributed by atoms with Crippen molar-refractivity contribution in [3.8, 4) is 22.8 Å². The number of halogens is 1. The Morgan fingerprint density at radius 1 is 1.06 bits per heavy atom. The number of thioether (sulfide) groups is 1. The molecule has 1 N–H and O–H groups in total. The van der Waals surface area contributed by atoms with Crippen LogP contribution in [0.15, 0.2) is 78.0 Å². The molecule has 4 aromatic rings. The van der Waals surface area contributed by atoms with Crippen LogP contribution in [0, 0.1) is 0 Å². The number of hydrogen-bond donors (Lipinski definition) is 1. The molecule has 1 heterocycles. The number of nitrogens with one attached hydrogen (secondary N) is 1. The van der Waals surface area contributed by atoms with Gasteiger partial charge in [-0.1, -0.05) is 47.6 Å². The fraction of sp³-hybridized carbons (Fsp3) is 0.185. The van der Waals surface area contributed by atoms with Crippen molar-refractivity contribution in [3.05, 3.63) is 83.4 Å². The molecule has 4 rings (SSSR count). The zero-order valence-corrected chi connectivity index (χ0v) is 21.6. The second kappa shape index (κ2) is 11.4. The third-order valence-electron chi connectivity index (χ3n) is 5.31. The van der Waals surface area contributed by atoms with Gasteiger partial charge in [0.2, 0.25) is 5.91 Å². The summed E-state index contributed by atoms with van der Waals surface area (Å²) in [6, 6.07) is 21.9. The molecule has 1 aromatic heterocycles. The van der Waals surface area contributed by atoms with Gasteiger partial charge in [-0.05, 0) is 69.3 Å². The van der Waals surface area contributed by atoms with Gasteiger partial charge in [-0.25, -0.2) is 0 Å². The van der Waals surface area contributed by atoms with Crippen LogP contribution in [0.1, 0.15) is 31.1 Å². The quantitative estimate of drug-likeness (QED) is 0.205. The highest BCUT2D eigenvalue weighted by molar-refractivity contribution is 8.00. The molecular formula is C27H25ClN4O3S. The van der Waals surface area contributed by atoms with Crippen molar-refractivity contribution in [2.75, 3.05) is 11.9 Å². The first-order valence-electron chi connectivity index (χ1n) is 11.4. The summed E-state index contributed by atoms with van der Waals surface area (Å²) in [6.45, 7) is 5.79. The van der Waals surface area contributed by atoms with E-state index in [9.17, 15) is 9.59 Å². The van der Waals surface area contributed by atoms with Crippen LogP contribution < -0.4 is 10.1 Å². The monoisotopic (exact) mass is 520 g/mol. The van der Waals surface area contributed by atoms with Gasteiger partial charge in [-0.3, -0.25) is 14.2 Å². The molecule has 0 spiro atoms. The topological polar surface area (TPSA) is 86.1 Å². The number of carbonyl (C=O) groups excluding carboxylic acids is 2. The van der Waals surface area contributed by atoms with E-state index in [0.29, 0.717) is 33.9 Å². The number of anilines is 1. The summed E-state index contributed by atoms with van der Waals surface area (Å²) in [5.74, 6) is 1.08. The Hall–Kier alpha value is -3.62. The minimum Gasteiger partial charge on any atom is -0.494 e. The highest BCUT2D eigenvalue weighted by Gasteiger charge is 2.22. The van der Waals surface area contributed by atoms with Gasteiger partial charge in [-0.15, -0.1) is 10.2 Å². The molecular weight excluding hydrogens is 496 g/mol. The summed E-state index contributed by atoms with van der Waals surface area (Å²) in [6.07, 6.45) is 0. The smallest absolute Gasteiger partial charge is 0.237 e. The summed E-state index contributed by atoms with van der Waals surface area (Å²) >= 11 is 7.52. The molecule has 0 aliphatic heterocycles. The maximum atomic E-state index is 13.0. The first kappa shape index (κ1) is 25.5. The molecule has 0 fully saturated rings. The van der Waals surface area contributed by atoms with Crippen molar-refractivity contribution < 1.29 is 14.3 Å². The van der Waals surface area contributed by atoms with E-state index >= 15 is 0 Å². The average Bonchev–Trinajstić information content (AvgIpc) is 3.28. The Balaban J connectivity index is 1.63. The molecule has 0 radical (unpaired) electrons. The van der Waals surface area contributed by atoms with Crippen LogP contribution in [0.3, 0.4) is 0 Å². The number of aromatic nitrogens is 3. The molecule has 0 bridgehead atoms. The van der Waals surface area contributed by atoms with E-state index in [1.165, 1.54) is 18.7 Å². The number of carbonyl (C=O) groups is 2. The van der Waals surface area contributed by atoms with E-state index in [1.54, 1.807) is 37.3 Å². The molecule has 0 aliphatic carbocycles. The van der Waals surface area contributed by atoms with Crippen LogP contribution in [0.25, 0.3) is 17.1 Å². The molecule has 36 heavy (non-hydrogen) atoms. The van der Waals surface area contributed by atoms with Crippen LogP contribution in [-0.4, -0.2) is 38.3 Å². The van der Waals surface area contributed by atoms with Crippen molar-refractivity contribution in [3.63, 3.8) is 0 Å². The lowest BCUT2D eigenvalue weighted by Gasteiger charge is -2.15. The molecule has 1 atom stereocenters. The number of hydrogen-bond acceptors (Lipinski definition) is 6. The number of benzene rings is 3. The Kier molecular flexibility index (Phi) is 8.07. The van der Waals surface area contributed by atoms with E-state index in [-0.39, 0.29) is 11.7 Å². The lowest BCUT2D eigenvalue weighted by Crippen LogP contribution is -2.23. The zero-order chi connectivity index (χ0) is 25.7. The van der Waals surface area contributed by atoms with Gasteiger partial charge in [0.05, 0.1) is 11.9 Å². The number of nitrogens with zero attached hydrogens (tertiary/aromatic N) is 3. The van der Waals surface area contributed by atoms with Crippen LogP contribution in [0.4, 0.5) is 5.69 Å². The Bertz CT molecular complexity index is 1390. The largest absolute Gasteiger partial charge is 0.494 e. The van der Waals surface area contributed by atoms with Gasteiger partial charge < -0.3 is 10.1 Å². The fourth-order valence-corrected chi connectivity index (χ4v) is 4.58. The minimum atomic E-state index is -0.496. The summed E-state index contributed by atoms with van der Waals surface area (Å²) in [4.78, 5) is 24.7. The Morgan fingerprint density at radius 3 is 2.50 bits per heavy atom.